The molecule has 0 aliphatic rings. The Bertz CT molecular complexity index is 1630. The van der Waals surface area contributed by atoms with Gasteiger partial charge in [-0.15, -0.1) is 0 Å². The number of pyridine rings is 1. The van der Waals surface area contributed by atoms with Gasteiger partial charge in [-0.2, -0.15) is 0 Å². The maximum Gasteiger partial charge on any atom is 0.252 e. The molecule has 2 aromatic heterocycles. The van der Waals surface area contributed by atoms with Crippen molar-refractivity contribution in [2.75, 3.05) is 27.9 Å². The van der Waals surface area contributed by atoms with Gasteiger partial charge in [-0.05, 0) is 48.7 Å². The molecule has 0 aliphatic carbocycles. The SMILES string of the molecule is COc1cc(-c2cc(C(=O)NC(CO)Cc3c[nH]c4c(C)cccc34)c3ccccc3n2)cc(OC)c1OC. The first-order valence-electron chi connectivity index (χ1n) is 12.6. The second-order valence-electron chi connectivity index (χ2n) is 9.35. The number of hydrogen-bond acceptors (Lipinski definition) is 6. The Balaban J connectivity index is 1.51. The third-order valence-electron chi connectivity index (χ3n) is 6.95. The summed E-state index contributed by atoms with van der Waals surface area (Å²) in [6.45, 7) is 1.85. The molecule has 1 atom stereocenters. The summed E-state index contributed by atoms with van der Waals surface area (Å²) in [6.07, 6.45) is 2.42. The van der Waals surface area contributed by atoms with Crippen LogP contribution in [0, 0.1) is 6.92 Å². The Labute approximate surface area is 226 Å². The number of aliphatic hydroxyl groups excluding tert-OH is 1. The Morgan fingerprint density at radius 3 is 2.38 bits per heavy atom. The number of rotatable bonds is 9. The monoisotopic (exact) mass is 525 g/mol. The molecule has 3 aromatic carbocycles. The summed E-state index contributed by atoms with van der Waals surface area (Å²) in [5.41, 5.74) is 5.64. The number of aromatic nitrogens is 2. The first-order valence-corrected chi connectivity index (χ1v) is 12.6. The molecule has 8 nitrogen and oxygen atoms in total. The van der Waals surface area contributed by atoms with E-state index in [0.29, 0.717) is 51.4 Å². The van der Waals surface area contributed by atoms with E-state index in [1.54, 1.807) is 39.5 Å². The van der Waals surface area contributed by atoms with Crippen LogP contribution in [0.15, 0.2) is 66.9 Å². The molecule has 1 unspecified atom stereocenters. The number of benzene rings is 3. The lowest BCUT2D eigenvalue weighted by atomic mass is 10.0. The van der Waals surface area contributed by atoms with Crippen LogP contribution < -0.4 is 19.5 Å². The lowest BCUT2D eigenvalue weighted by molar-refractivity contribution is 0.0918. The second kappa shape index (κ2) is 11.0. The number of aliphatic hydroxyl groups is 1. The van der Waals surface area contributed by atoms with Gasteiger partial charge < -0.3 is 29.6 Å². The summed E-state index contributed by atoms with van der Waals surface area (Å²) in [4.78, 5) is 21.8. The Hall–Kier alpha value is -4.56. The Kier molecular flexibility index (Phi) is 7.38. The molecule has 0 saturated heterocycles. The van der Waals surface area contributed by atoms with E-state index < -0.39 is 6.04 Å². The molecule has 0 bridgehead atoms. The molecule has 3 N–H and O–H groups in total. The predicted octanol–water partition coefficient (Wildman–Crippen LogP) is 5.05. The van der Waals surface area contributed by atoms with E-state index in [-0.39, 0.29) is 12.5 Å². The van der Waals surface area contributed by atoms with Crippen molar-refractivity contribution >= 4 is 27.7 Å². The first kappa shape index (κ1) is 26.1. The summed E-state index contributed by atoms with van der Waals surface area (Å²) in [6, 6.07) is 18.5. The molecule has 5 rings (SSSR count). The zero-order valence-electron chi connectivity index (χ0n) is 22.4. The zero-order chi connectivity index (χ0) is 27.5. The number of para-hydroxylation sites is 2. The molecule has 0 fully saturated rings. The predicted molar refractivity (Wildman–Crippen MR) is 152 cm³/mol. The van der Waals surface area contributed by atoms with Crippen LogP contribution in [0.4, 0.5) is 0 Å². The number of aryl methyl sites for hydroxylation is 1. The highest BCUT2D eigenvalue weighted by Crippen LogP contribution is 2.41. The largest absolute Gasteiger partial charge is 0.493 e. The highest BCUT2D eigenvalue weighted by atomic mass is 16.5. The third-order valence-corrected chi connectivity index (χ3v) is 6.95. The molecule has 0 saturated carbocycles. The van der Waals surface area contributed by atoms with E-state index in [2.05, 4.69) is 10.3 Å². The zero-order valence-corrected chi connectivity index (χ0v) is 22.4. The van der Waals surface area contributed by atoms with Crippen LogP contribution >= 0.6 is 0 Å². The summed E-state index contributed by atoms with van der Waals surface area (Å²) in [5, 5.41) is 15.0. The van der Waals surface area contributed by atoms with Gasteiger partial charge in [-0.1, -0.05) is 36.4 Å². The van der Waals surface area contributed by atoms with Crippen LogP contribution in [0.3, 0.4) is 0 Å². The van der Waals surface area contributed by atoms with Gasteiger partial charge >= 0.3 is 0 Å². The average Bonchev–Trinajstić information content (AvgIpc) is 3.39. The van der Waals surface area contributed by atoms with E-state index in [0.717, 1.165) is 22.0 Å². The van der Waals surface area contributed by atoms with Gasteiger partial charge in [0.1, 0.15) is 0 Å². The van der Waals surface area contributed by atoms with Gasteiger partial charge in [0.2, 0.25) is 5.75 Å². The van der Waals surface area contributed by atoms with Crippen LogP contribution in [-0.4, -0.2) is 55.0 Å². The highest BCUT2D eigenvalue weighted by molar-refractivity contribution is 6.07. The van der Waals surface area contributed by atoms with Gasteiger partial charge in [0, 0.05) is 28.0 Å². The van der Waals surface area contributed by atoms with E-state index >= 15 is 0 Å². The normalized spacial score (nSPS) is 11.9. The molecule has 0 spiro atoms. The minimum Gasteiger partial charge on any atom is -0.493 e. The molecule has 5 aromatic rings. The van der Waals surface area contributed by atoms with Crippen LogP contribution in [0.1, 0.15) is 21.5 Å². The van der Waals surface area contributed by atoms with Crippen LogP contribution in [0.25, 0.3) is 33.1 Å². The third kappa shape index (κ3) is 4.98. The molecule has 2 heterocycles. The number of H-pyrrole nitrogens is 1. The number of aromatic amines is 1. The van der Waals surface area contributed by atoms with Gasteiger partial charge in [0.05, 0.1) is 50.8 Å². The fourth-order valence-corrected chi connectivity index (χ4v) is 4.96. The minimum atomic E-state index is -0.478. The smallest absolute Gasteiger partial charge is 0.252 e. The van der Waals surface area contributed by atoms with Crippen LogP contribution in [-0.2, 0) is 6.42 Å². The number of carbonyl (C=O) groups is 1. The number of amides is 1. The second-order valence-corrected chi connectivity index (χ2v) is 9.35. The summed E-state index contributed by atoms with van der Waals surface area (Å²) in [5.74, 6) is 1.15. The summed E-state index contributed by atoms with van der Waals surface area (Å²) < 4.78 is 16.5. The van der Waals surface area contributed by atoms with Crippen LogP contribution in [0.5, 0.6) is 17.2 Å². The summed E-state index contributed by atoms with van der Waals surface area (Å²) >= 11 is 0. The van der Waals surface area contributed by atoms with Crippen LogP contribution in [0.2, 0.25) is 0 Å². The standard InChI is InChI=1S/C31H31N3O5/c1-18-8-7-10-22-20(16-32-29(18)22)12-21(17-35)33-31(36)24-15-26(34-25-11-6-5-9-23(24)25)19-13-27(37-2)30(39-4)28(14-19)38-3/h5-11,13-16,21,32,35H,12,17H2,1-4H3,(H,33,36). The molecule has 39 heavy (non-hydrogen) atoms. The Morgan fingerprint density at radius 1 is 0.974 bits per heavy atom. The van der Waals surface area contributed by atoms with E-state index in [9.17, 15) is 9.90 Å². The number of hydrogen-bond donors (Lipinski definition) is 3. The Morgan fingerprint density at radius 2 is 1.69 bits per heavy atom. The van der Waals surface area contributed by atoms with Gasteiger partial charge in [0.25, 0.3) is 5.91 Å². The van der Waals surface area contributed by atoms with Crippen molar-refractivity contribution in [3.8, 4) is 28.5 Å². The number of methoxy groups -OCH3 is 3. The maximum atomic E-state index is 13.7. The van der Waals surface area contributed by atoms with Crippen molar-refractivity contribution in [1.82, 2.24) is 15.3 Å². The van der Waals surface area contributed by atoms with E-state index in [1.165, 1.54) is 0 Å². The maximum absolute atomic E-state index is 13.7. The number of ether oxygens (including phenoxy) is 3. The molecule has 0 radical (unpaired) electrons. The fourth-order valence-electron chi connectivity index (χ4n) is 4.96. The van der Waals surface area contributed by atoms with Crippen molar-refractivity contribution in [3.63, 3.8) is 0 Å². The number of carbonyl (C=O) groups excluding carboxylic acids is 1. The van der Waals surface area contributed by atoms with Crippen molar-refractivity contribution in [2.45, 2.75) is 19.4 Å². The minimum absolute atomic E-state index is 0.201. The lowest BCUT2D eigenvalue weighted by Crippen LogP contribution is -2.39. The fraction of sp³-hybridized carbons (Fsp3) is 0.226. The van der Waals surface area contributed by atoms with Gasteiger partial charge in [0.15, 0.2) is 11.5 Å². The van der Waals surface area contributed by atoms with Crippen molar-refractivity contribution in [3.05, 3.63) is 83.6 Å². The van der Waals surface area contributed by atoms with Crippen molar-refractivity contribution < 1.29 is 24.1 Å². The molecular formula is C31H31N3O5. The highest BCUT2D eigenvalue weighted by Gasteiger charge is 2.21. The topological polar surface area (TPSA) is 106 Å². The lowest BCUT2D eigenvalue weighted by Gasteiger charge is -2.18. The number of nitrogens with zero attached hydrogens (tertiary/aromatic N) is 1. The van der Waals surface area contributed by atoms with Crippen molar-refractivity contribution in [2.24, 2.45) is 0 Å². The van der Waals surface area contributed by atoms with E-state index in [1.807, 2.05) is 55.6 Å². The molecule has 8 heteroatoms. The van der Waals surface area contributed by atoms with Gasteiger partial charge in [-0.25, -0.2) is 4.98 Å². The molecular weight excluding hydrogens is 494 g/mol. The number of nitrogens with one attached hydrogen (secondary N) is 2. The number of fused-ring (bicyclic) bond motifs is 2. The van der Waals surface area contributed by atoms with E-state index in [4.69, 9.17) is 19.2 Å². The molecule has 0 aliphatic heterocycles. The quantitative estimate of drug-likeness (QED) is 0.249. The van der Waals surface area contributed by atoms with Crippen molar-refractivity contribution in [1.29, 1.82) is 0 Å². The molecule has 200 valence electrons. The van der Waals surface area contributed by atoms with Gasteiger partial charge in [-0.3, -0.25) is 4.79 Å². The average molecular weight is 526 g/mol. The first-order chi connectivity index (χ1) is 19.0. The molecule has 1 amide bonds. The summed E-state index contributed by atoms with van der Waals surface area (Å²) in [7, 11) is 4.65.